The van der Waals surface area contributed by atoms with E-state index in [4.69, 9.17) is 0 Å². The number of hydrogen-bond donors (Lipinski definition) is 4. The second-order valence-electron chi connectivity index (χ2n) is 9.99. The lowest BCUT2D eigenvalue weighted by atomic mass is 9.71. The Bertz CT molecular complexity index is 988. The number of phenols is 2. The van der Waals surface area contributed by atoms with Gasteiger partial charge in [0.1, 0.15) is 0 Å². The molecule has 35 heavy (non-hydrogen) atoms. The molecule has 3 aliphatic rings. The number of piperidine rings is 1. The van der Waals surface area contributed by atoms with Crippen LogP contribution in [0.1, 0.15) is 50.5 Å². The van der Waals surface area contributed by atoms with Gasteiger partial charge in [0.25, 0.3) is 0 Å². The minimum atomic E-state index is -0.635. The number of amides is 1. The molecule has 0 radical (unpaired) electrons. The SMILES string of the molecule is CNC(=O)Cc1ccncc1.Oc1ccc(S[C@H]2N(CC3CC3)CCC3CCCCC32O)cc1O. The molecule has 1 saturated heterocycles. The van der Waals surface area contributed by atoms with Crippen LogP contribution < -0.4 is 5.32 Å². The predicted molar refractivity (Wildman–Crippen MR) is 137 cm³/mol. The van der Waals surface area contributed by atoms with Crippen molar-refractivity contribution in [2.45, 2.75) is 67.2 Å². The number of benzene rings is 1. The number of rotatable bonds is 6. The Morgan fingerprint density at radius 3 is 2.57 bits per heavy atom. The molecule has 3 fully saturated rings. The van der Waals surface area contributed by atoms with Crippen LogP contribution in [0, 0.1) is 11.8 Å². The van der Waals surface area contributed by atoms with Gasteiger partial charge in [-0.05, 0) is 86.4 Å². The Hall–Kier alpha value is -2.29. The van der Waals surface area contributed by atoms with Gasteiger partial charge >= 0.3 is 0 Å². The van der Waals surface area contributed by atoms with Crippen LogP contribution in [-0.4, -0.2) is 62.2 Å². The zero-order valence-corrected chi connectivity index (χ0v) is 21.2. The average molecular weight is 500 g/mol. The number of nitrogens with zero attached hydrogens (tertiary/aromatic N) is 2. The first-order chi connectivity index (χ1) is 16.9. The summed E-state index contributed by atoms with van der Waals surface area (Å²) >= 11 is 1.65. The van der Waals surface area contributed by atoms with Crippen molar-refractivity contribution in [1.82, 2.24) is 15.2 Å². The van der Waals surface area contributed by atoms with Gasteiger partial charge in [0.05, 0.1) is 17.4 Å². The summed E-state index contributed by atoms with van der Waals surface area (Å²) in [6, 6.07) is 8.65. The quantitative estimate of drug-likeness (QED) is 0.447. The Kier molecular flexibility index (Phi) is 8.57. The predicted octanol–water partition coefficient (Wildman–Crippen LogP) is 3.92. The van der Waals surface area contributed by atoms with Crippen LogP contribution in [0.4, 0.5) is 0 Å². The molecule has 8 heteroatoms. The topological polar surface area (TPSA) is 106 Å². The number of hydrogen-bond acceptors (Lipinski definition) is 7. The number of aromatic nitrogens is 1. The van der Waals surface area contributed by atoms with Gasteiger partial charge in [0.2, 0.25) is 5.91 Å². The fraction of sp³-hybridized carbons (Fsp3) is 0.556. The number of aromatic hydroxyl groups is 2. The summed E-state index contributed by atoms with van der Waals surface area (Å²) in [5, 5.41) is 33.5. The molecule has 1 aromatic carbocycles. The Balaban J connectivity index is 0.000000221. The van der Waals surface area contributed by atoms with Gasteiger partial charge in [-0.25, -0.2) is 0 Å². The van der Waals surface area contributed by atoms with Crippen molar-refractivity contribution in [2.75, 3.05) is 20.1 Å². The number of likely N-dealkylation sites (N-methyl/N-ethyl adjacent to an activating group) is 1. The highest BCUT2D eigenvalue weighted by Gasteiger charge is 2.51. The number of phenolic OH excluding ortho intramolecular Hbond substituents is 2. The number of aliphatic hydroxyl groups is 1. The molecule has 2 saturated carbocycles. The summed E-state index contributed by atoms with van der Waals surface area (Å²) in [5.41, 5.74) is 0.350. The number of carbonyl (C=O) groups is 1. The van der Waals surface area contributed by atoms with Gasteiger partial charge in [0.15, 0.2) is 11.5 Å². The Morgan fingerprint density at radius 1 is 1.11 bits per heavy atom. The highest BCUT2D eigenvalue weighted by atomic mass is 32.2. The van der Waals surface area contributed by atoms with E-state index in [9.17, 15) is 20.1 Å². The molecule has 1 aromatic heterocycles. The first-order valence-corrected chi connectivity index (χ1v) is 13.5. The third-order valence-electron chi connectivity index (χ3n) is 7.39. The van der Waals surface area contributed by atoms with Gasteiger partial charge < -0.3 is 20.6 Å². The van der Waals surface area contributed by atoms with Crippen molar-refractivity contribution in [3.05, 3.63) is 48.3 Å². The van der Waals surface area contributed by atoms with E-state index in [2.05, 4.69) is 15.2 Å². The van der Waals surface area contributed by atoms with E-state index in [0.29, 0.717) is 12.3 Å². The monoisotopic (exact) mass is 499 g/mol. The molecular weight excluding hydrogens is 462 g/mol. The highest BCUT2D eigenvalue weighted by molar-refractivity contribution is 8.00. The molecule has 5 rings (SSSR count). The van der Waals surface area contributed by atoms with Crippen molar-refractivity contribution in [2.24, 2.45) is 11.8 Å². The van der Waals surface area contributed by atoms with E-state index in [0.717, 1.165) is 55.1 Å². The number of pyridine rings is 1. The second-order valence-corrected chi connectivity index (χ2v) is 11.1. The third kappa shape index (κ3) is 6.68. The Labute approximate surface area is 212 Å². The zero-order valence-electron chi connectivity index (χ0n) is 20.4. The minimum absolute atomic E-state index is 0.0243. The largest absolute Gasteiger partial charge is 0.504 e. The summed E-state index contributed by atoms with van der Waals surface area (Å²) in [4.78, 5) is 18.1. The fourth-order valence-corrected chi connectivity index (χ4v) is 6.64. The molecule has 2 aromatic rings. The van der Waals surface area contributed by atoms with Crippen LogP contribution in [0.15, 0.2) is 47.6 Å². The number of likely N-dealkylation sites (tertiary alicyclic amines) is 1. The zero-order chi connectivity index (χ0) is 24.8. The third-order valence-corrected chi connectivity index (χ3v) is 8.84. The normalized spacial score (nSPS) is 26.2. The molecule has 2 aliphatic carbocycles. The van der Waals surface area contributed by atoms with E-state index < -0.39 is 5.60 Å². The summed E-state index contributed by atoms with van der Waals surface area (Å²) in [6.07, 6.45) is 11.9. The first-order valence-electron chi connectivity index (χ1n) is 12.6. The number of fused-ring (bicyclic) bond motifs is 1. The van der Waals surface area contributed by atoms with Crippen LogP contribution in [0.2, 0.25) is 0 Å². The molecule has 0 spiro atoms. The lowest BCUT2D eigenvalue weighted by Gasteiger charge is -2.53. The molecule has 4 N–H and O–H groups in total. The molecule has 190 valence electrons. The maximum Gasteiger partial charge on any atom is 0.224 e. The molecule has 0 bridgehead atoms. The van der Waals surface area contributed by atoms with Crippen molar-refractivity contribution >= 4 is 17.7 Å². The van der Waals surface area contributed by atoms with Gasteiger partial charge in [-0.1, -0.05) is 12.8 Å². The van der Waals surface area contributed by atoms with E-state index in [1.54, 1.807) is 37.3 Å². The van der Waals surface area contributed by atoms with E-state index >= 15 is 0 Å². The van der Waals surface area contributed by atoms with E-state index in [1.165, 1.54) is 25.3 Å². The summed E-state index contributed by atoms with van der Waals surface area (Å²) in [5.74, 6) is 1.04. The smallest absolute Gasteiger partial charge is 0.224 e. The molecule has 1 aliphatic heterocycles. The highest BCUT2D eigenvalue weighted by Crippen LogP contribution is 2.50. The van der Waals surface area contributed by atoms with Gasteiger partial charge in [-0.3, -0.25) is 14.7 Å². The fourth-order valence-electron chi connectivity index (χ4n) is 5.20. The standard InChI is InChI=1S/C19H27NO3S.C8H10N2O/c21-16-7-6-15(11-17(16)22)24-18-19(23)9-2-1-3-14(19)8-10-20(18)12-13-4-5-13;1-9-8(11)6-7-2-4-10-5-3-7/h6-7,11,13-14,18,21-23H,1-5,8-10,12H2;2-5H,6H2,1H3,(H,9,11)/t14?,18-,19?;/m1./s1. The first kappa shape index (κ1) is 25.8. The maximum atomic E-state index is 11.6. The number of thioether (sulfide) groups is 1. The van der Waals surface area contributed by atoms with Crippen LogP contribution >= 0.6 is 11.8 Å². The van der Waals surface area contributed by atoms with Crippen molar-refractivity contribution in [1.29, 1.82) is 0 Å². The van der Waals surface area contributed by atoms with Crippen molar-refractivity contribution in [3.8, 4) is 11.5 Å². The summed E-state index contributed by atoms with van der Waals surface area (Å²) in [7, 11) is 1.63. The van der Waals surface area contributed by atoms with Crippen molar-refractivity contribution < 1.29 is 20.1 Å². The van der Waals surface area contributed by atoms with Crippen LogP contribution in [0.5, 0.6) is 11.5 Å². The Morgan fingerprint density at radius 2 is 1.89 bits per heavy atom. The van der Waals surface area contributed by atoms with Crippen LogP contribution in [-0.2, 0) is 11.2 Å². The molecule has 3 atom stereocenters. The summed E-state index contributed by atoms with van der Waals surface area (Å²) in [6.45, 7) is 2.14. The molecule has 7 nitrogen and oxygen atoms in total. The molecular formula is C27H37N3O4S. The second kappa shape index (κ2) is 11.6. The molecule has 2 unspecified atom stereocenters. The maximum absolute atomic E-state index is 11.6. The molecule has 1 amide bonds. The van der Waals surface area contributed by atoms with Gasteiger partial charge in [-0.15, -0.1) is 11.8 Å². The van der Waals surface area contributed by atoms with Crippen LogP contribution in [0.3, 0.4) is 0 Å². The van der Waals surface area contributed by atoms with Crippen molar-refractivity contribution in [3.63, 3.8) is 0 Å². The lowest BCUT2D eigenvalue weighted by molar-refractivity contribution is -0.119. The van der Waals surface area contributed by atoms with E-state index in [1.807, 2.05) is 18.2 Å². The minimum Gasteiger partial charge on any atom is -0.504 e. The number of nitrogens with one attached hydrogen (secondary N) is 1. The van der Waals surface area contributed by atoms with E-state index in [-0.39, 0.29) is 22.8 Å². The van der Waals surface area contributed by atoms with Crippen LogP contribution in [0.25, 0.3) is 0 Å². The van der Waals surface area contributed by atoms with Gasteiger partial charge in [0, 0.05) is 30.9 Å². The summed E-state index contributed by atoms with van der Waals surface area (Å²) < 4.78 is 0. The lowest BCUT2D eigenvalue weighted by Crippen LogP contribution is -2.61. The molecule has 2 heterocycles. The van der Waals surface area contributed by atoms with Gasteiger partial charge in [-0.2, -0.15) is 0 Å². The number of carbonyl (C=O) groups excluding carboxylic acids is 1. The average Bonchev–Trinajstić information content (AvgIpc) is 3.68.